The van der Waals surface area contributed by atoms with Crippen LogP contribution in [0.5, 0.6) is 0 Å². The van der Waals surface area contributed by atoms with Crippen LogP contribution in [0.4, 0.5) is 5.69 Å². The van der Waals surface area contributed by atoms with E-state index in [9.17, 15) is 18.0 Å². The number of nitrogens with zero attached hydrogens (tertiary/aromatic N) is 3. The van der Waals surface area contributed by atoms with E-state index in [4.69, 9.17) is 0 Å². The second-order valence-electron chi connectivity index (χ2n) is 7.70. The second-order valence-corrected chi connectivity index (χ2v) is 10.6. The average Bonchev–Trinajstić information content (AvgIpc) is 2.79. The Balaban J connectivity index is 1.39. The summed E-state index contributed by atoms with van der Waals surface area (Å²) in [6, 6.07) is 13.7. The molecule has 31 heavy (non-hydrogen) atoms. The Hall–Kier alpha value is -2.23. The summed E-state index contributed by atoms with van der Waals surface area (Å²) in [5.74, 6) is -0.00866. The van der Waals surface area contributed by atoms with Crippen molar-refractivity contribution in [2.75, 3.05) is 37.6 Å². The quantitative estimate of drug-likeness (QED) is 0.639. The van der Waals surface area contributed by atoms with Gasteiger partial charge in [0.1, 0.15) is 0 Å². The Morgan fingerprint density at radius 1 is 0.839 bits per heavy atom. The highest BCUT2D eigenvalue weighted by Gasteiger charge is 2.30. The number of carbonyl (C=O) groups is 2. The molecule has 2 saturated heterocycles. The van der Waals surface area contributed by atoms with Crippen molar-refractivity contribution in [1.29, 1.82) is 0 Å². The fourth-order valence-corrected chi connectivity index (χ4v) is 5.62. The molecule has 0 saturated carbocycles. The first kappa shape index (κ1) is 22.0. The average molecular weight is 506 g/mol. The zero-order valence-electron chi connectivity index (χ0n) is 17.0. The zero-order valence-corrected chi connectivity index (χ0v) is 19.4. The summed E-state index contributed by atoms with van der Waals surface area (Å²) in [5.41, 5.74) is 1.35. The number of amides is 2. The number of sulfonamides is 1. The molecule has 0 N–H and O–H groups in total. The Labute approximate surface area is 190 Å². The van der Waals surface area contributed by atoms with E-state index in [1.165, 1.54) is 4.31 Å². The molecule has 2 aliphatic heterocycles. The molecule has 9 heteroatoms. The number of halogens is 1. The lowest BCUT2D eigenvalue weighted by atomic mass is 10.1. The van der Waals surface area contributed by atoms with Crippen molar-refractivity contribution in [1.82, 2.24) is 9.21 Å². The van der Waals surface area contributed by atoms with Gasteiger partial charge in [-0.25, -0.2) is 8.42 Å². The standard InChI is InChI=1S/C22H24BrN3O4S/c23-18-6-10-20(11-7-18)31(29,30)25-15-13-24(14-16-25)22(28)17-4-8-19(9-5-17)26-12-2-1-3-21(26)27/h4-11H,1-3,12-16H2. The van der Waals surface area contributed by atoms with E-state index >= 15 is 0 Å². The van der Waals surface area contributed by atoms with Gasteiger partial charge in [0.15, 0.2) is 0 Å². The van der Waals surface area contributed by atoms with Gasteiger partial charge in [-0.1, -0.05) is 15.9 Å². The first-order chi connectivity index (χ1) is 14.9. The van der Waals surface area contributed by atoms with Crippen LogP contribution in [0.25, 0.3) is 0 Å². The molecule has 2 fully saturated rings. The van der Waals surface area contributed by atoms with Crippen LogP contribution < -0.4 is 4.90 Å². The third-order valence-corrected chi connectivity index (χ3v) is 8.17. The Kier molecular flexibility index (Phi) is 6.45. The summed E-state index contributed by atoms with van der Waals surface area (Å²) >= 11 is 3.31. The Bertz CT molecular complexity index is 1060. The summed E-state index contributed by atoms with van der Waals surface area (Å²) in [4.78, 5) is 28.7. The molecule has 0 aliphatic carbocycles. The third kappa shape index (κ3) is 4.68. The maximum atomic E-state index is 12.9. The second kappa shape index (κ2) is 9.10. The van der Waals surface area contributed by atoms with Crippen LogP contribution >= 0.6 is 15.9 Å². The smallest absolute Gasteiger partial charge is 0.253 e. The van der Waals surface area contributed by atoms with Gasteiger partial charge in [0.05, 0.1) is 4.90 Å². The molecule has 2 aromatic carbocycles. The number of piperidine rings is 1. The summed E-state index contributed by atoms with van der Waals surface area (Å²) in [6.45, 7) is 1.89. The minimum atomic E-state index is -3.58. The van der Waals surface area contributed by atoms with Gasteiger partial charge < -0.3 is 9.80 Å². The van der Waals surface area contributed by atoms with E-state index in [1.807, 2.05) is 12.1 Å². The van der Waals surface area contributed by atoms with Crippen LogP contribution in [0, 0.1) is 0 Å². The molecule has 2 amide bonds. The van der Waals surface area contributed by atoms with Crippen molar-refractivity contribution in [2.24, 2.45) is 0 Å². The fraction of sp³-hybridized carbons (Fsp3) is 0.364. The molecule has 0 spiro atoms. The zero-order chi connectivity index (χ0) is 22.0. The molecule has 2 aliphatic rings. The van der Waals surface area contributed by atoms with E-state index in [1.54, 1.807) is 46.2 Å². The number of piperazine rings is 1. The van der Waals surface area contributed by atoms with Gasteiger partial charge in [0.25, 0.3) is 5.91 Å². The highest BCUT2D eigenvalue weighted by Crippen LogP contribution is 2.23. The van der Waals surface area contributed by atoms with E-state index in [-0.39, 0.29) is 29.8 Å². The summed E-state index contributed by atoms with van der Waals surface area (Å²) < 4.78 is 27.9. The SMILES string of the molecule is O=C(c1ccc(N2CCCCC2=O)cc1)N1CCN(S(=O)(=O)c2ccc(Br)cc2)CC1. The van der Waals surface area contributed by atoms with Crippen molar-refractivity contribution in [3.63, 3.8) is 0 Å². The highest BCUT2D eigenvalue weighted by molar-refractivity contribution is 9.10. The van der Waals surface area contributed by atoms with E-state index in [0.29, 0.717) is 31.6 Å². The first-order valence-corrected chi connectivity index (χ1v) is 12.5. The van der Waals surface area contributed by atoms with Crippen molar-refractivity contribution in [3.05, 3.63) is 58.6 Å². The summed E-state index contributed by atoms with van der Waals surface area (Å²) in [6.07, 6.45) is 2.48. The van der Waals surface area contributed by atoms with Gasteiger partial charge in [0, 0.05) is 54.9 Å². The predicted molar refractivity (Wildman–Crippen MR) is 121 cm³/mol. The van der Waals surface area contributed by atoms with E-state index in [2.05, 4.69) is 15.9 Å². The summed E-state index contributed by atoms with van der Waals surface area (Å²) in [5, 5.41) is 0. The minimum absolute atomic E-state index is 0.119. The lowest BCUT2D eigenvalue weighted by Gasteiger charge is -2.34. The fourth-order valence-electron chi connectivity index (χ4n) is 3.93. The Morgan fingerprint density at radius 2 is 1.48 bits per heavy atom. The van der Waals surface area contributed by atoms with Crippen LogP contribution in [0.2, 0.25) is 0 Å². The van der Waals surface area contributed by atoms with Gasteiger partial charge in [-0.2, -0.15) is 4.31 Å². The number of hydrogen-bond donors (Lipinski definition) is 0. The molecule has 164 valence electrons. The van der Waals surface area contributed by atoms with Crippen molar-refractivity contribution >= 4 is 43.5 Å². The Morgan fingerprint density at radius 3 is 2.10 bits per heavy atom. The van der Waals surface area contributed by atoms with Crippen molar-refractivity contribution < 1.29 is 18.0 Å². The predicted octanol–water partition coefficient (Wildman–Crippen LogP) is 3.11. The molecular formula is C22H24BrN3O4S. The molecular weight excluding hydrogens is 482 g/mol. The van der Waals surface area contributed by atoms with Gasteiger partial charge in [-0.15, -0.1) is 0 Å². The van der Waals surface area contributed by atoms with Gasteiger partial charge >= 0.3 is 0 Å². The van der Waals surface area contributed by atoms with Crippen LogP contribution in [0.3, 0.4) is 0 Å². The third-order valence-electron chi connectivity index (χ3n) is 5.73. The molecule has 2 aromatic rings. The topological polar surface area (TPSA) is 78.0 Å². The normalized spacial score (nSPS) is 18.3. The maximum absolute atomic E-state index is 12.9. The van der Waals surface area contributed by atoms with Crippen LogP contribution in [-0.2, 0) is 14.8 Å². The van der Waals surface area contributed by atoms with Gasteiger partial charge in [-0.3, -0.25) is 9.59 Å². The lowest BCUT2D eigenvalue weighted by molar-refractivity contribution is -0.119. The van der Waals surface area contributed by atoms with Gasteiger partial charge in [-0.05, 0) is 61.4 Å². The number of anilines is 1. The minimum Gasteiger partial charge on any atom is -0.336 e. The largest absolute Gasteiger partial charge is 0.336 e. The molecule has 4 rings (SSSR count). The molecule has 2 heterocycles. The maximum Gasteiger partial charge on any atom is 0.253 e. The van der Waals surface area contributed by atoms with Gasteiger partial charge in [0.2, 0.25) is 15.9 Å². The van der Waals surface area contributed by atoms with E-state index in [0.717, 1.165) is 23.0 Å². The number of carbonyl (C=O) groups excluding carboxylic acids is 2. The number of benzene rings is 2. The van der Waals surface area contributed by atoms with Crippen molar-refractivity contribution in [3.8, 4) is 0 Å². The lowest BCUT2D eigenvalue weighted by Crippen LogP contribution is -2.50. The molecule has 0 atom stereocenters. The van der Waals surface area contributed by atoms with Crippen LogP contribution in [0.15, 0.2) is 57.9 Å². The van der Waals surface area contributed by atoms with Crippen LogP contribution in [0.1, 0.15) is 29.6 Å². The summed E-state index contributed by atoms with van der Waals surface area (Å²) in [7, 11) is -3.58. The number of hydrogen-bond acceptors (Lipinski definition) is 4. The first-order valence-electron chi connectivity index (χ1n) is 10.3. The van der Waals surface area contributed by atoms with E-state index < -0.39 is 10.0 Å². The molecule has 0 unspecified atom stereocenters. The van der Waals surface area contributed by atoms with Crippen molar-refractivity contribution in [2.45, 2.75) is 24.2 Å². The highest BCUT2D eigenvalue weighted by atomic mass is 79.9. The monoisotopic (exact) mass is 505 g/mol. The molecule has 0 radical (unpaired) electrons. The molecule has 0 bridgehead atoms. The van der Waals surface area contributed by atoms with Crippen LogP contribution in [-0.4, -0.2) is 62.2 Å². The molecule has 7 nitrogen and oxygen atoms in total. The molecule has 0 aromatic heterocycles. The number of rotatable bonds is 4.